The van der Waals surface area contributed by atoms with Gasteiger partial charge in [0.15, 0.2) is 0 Å². The molecule has 1 saturated heterocycles. The van der Waals surface area contributed by atoms with Crippen LogP contribution in [0.1, 0.15) is 24.3 Å². The first-order valence-corrected chi connectivity index (χ1v) is 8.26. The van der Waals surface area contributed by atoms with Crippen molar-refractivity contribution in [3.63, 3.8) is 0 Å². The Balaban J connectivity index is 1.34. The van der Waals surface area contributed by atoms with Crippen molar-refractivity contribution < 1.29 is 4.52 Å². The molecule has 0 radical (unpaired) electrons. The minimum absolute atomic E-state index is 0.909. The molecule has 1 aliphatic rings. The number of benzene rings is 1. The van der Waals surface area contributed by atoms with Crippen LogP contribution < -0.4 is 4.90 Å². The Morgan fingerprint density at radius 1 is 1.05 bits per heavy atom. The van der Waals surface area contributed by atoms with Crippen LogP contribution in [0.15, 0.2) is 40.9 Å². The zero-order valence-electron chi connectivity index (χ0n) is 13.4. The van der Waals surface area contributed by atoms with E-state index in [9.17, 15) is 0 Å². The predicted octanol–water partition coefficient (Wildman–Crippen LogP) is 3.13. The van der Waals surface area contributed by atoms with Gasteiger partial charge in [-0.1, -0.05) is 23.4 Å². The quantitative estimate of drug-likeness (QED) is 0.767. The summed E-state index contributed by atoms with van der Waals surface area (Å²) in [4.78, 5) is 5.06. The van der Waals surface area contributed by atoms with E-state index in [-0.39, 0.29) is 0 Å². The number of unbranched alkanes of at least 4 members (excludes halogenated alkanes) is 1. The maximum atomic E-state index is 5.10. The third-order valence-corrected chi connectivity index (χ3v) is 4.33. The molecule has 0 bridgehead atoms. The first-order valence-electron chi connectivity index (χ1n) is 8.26. The summed E-state index contributed by atoms with van der Waals surface area (Å²) in [5, 5.41) is 4.05. The minimum atomic E-state index is 0.909. The standard InChI is InChI=1S/C18H25N3O/c1-16-15-17(19-22-16)7-5-6-10-20-11-13-21(14-12-20)18-8-3-2-4-9-18/h2-4,8-9,15H,5-7,10-14H2,1H3. The van der Waals surface area contributed by atoms with Crippen LogP contribution in [0.25, 0.3) is 0 Å². The Kier molecular flexibility index (Phi) is 5.11. The first kappa shape index (κ1) is 15.1. The molecule has 2 heterocycles. The van der Waals surface area contributed by atoms with Crippen molar-refractivity contribution in [3.8, 4) is 0 Å². The van der Waals surface area contributed by atoms with E-state index in [0.717, 1.165) is 44.1 Å². The Morgan fingerprint density at radius 2 is 1.82 bits per heavy atom. The van der Waals surface area contributed by atoms with Gasteiger partial charge in [-0.15, -0.1) is 0 Å². The highest BCUT2D eigenvalue weighted by Gasteiger charge is 2.16. The maximum absolute atomic E-state index is 5.10. The van der Waals surface area contributed by atoms with Crippen LogP contribution >= 0.6 is 0 Å². The molecule has 4 nitrogen and oxygen atoms in total. The largest absolute Gasteiger partial charge is 0.369 e. The van der Waals surface area contributed by atoms with Gasteiger partial charge in [0.05, 0.1) is 5.69 Å². The third kappa shape index (κ3) is 4.10. The van der Waals surface area contributed by atoms with E-state index >= 15 is 0 Å². The number of hydrogen-bond donors (Lipinski definition) is 0. The van der Waals surface area contributed by atoms with Crippen molar-refractivity contribution in [1.82, 2.24) is 10.1 Å². The zero-order chi connectivity index (χ0) is 15.2. The lowest BCUT2D eigenvalue weighted by atomic mass is 10.1. The van der Waals surface area contributed by atoms with Gasteiger partial charge in [-0.3, -0.25) is 4.90 Å². The molecule has 118 valence electrons. The van der Waals surface area contributed by atoms with Crippen molar-refractivity contribution in [2.45, 2.75) is 26.2 Å². The number of nitrogens with zero attached hydrogens (tertiary/aromatic N) is 3. The van der Waals surface area contributed by atoms with E-state index in [0.29, 0.717) is 0 Å². The monoisotopic (exact) mass is 299 g/mol. The van der Waals surface area contributed by atoms with Gasteiger partial charge >= 0.3 is 0 Å². The van der Waals surface area contributed by atoms with Gasteiger partial charge in [0, 0.05) is 37.9 Å². The summed E-state index contributed by atoms with van der Waals surface area (Å²) in [7, 11) is 0. The van der Waals surface area contributed by atoms with Gasteiger partial charge in [-0.2, -0.15) is 0 Å². The highest BCUT2D eigenvalue weighted by atomic mass is 16.5. The van der Waals surface area contributed by atoms with Crippen LogP contribution in [0.2, 0.25) is 0 Å². The Hall–Kier alpha value is -1.81. The van der Waals surface area contributed by atoms with Gasteiger partial charge in [0.25, 0.3) is 0 Å². The van der Waals surface area contributed by atoms with Crippen molar-refractivity contribution in [1.29, 1.82) is 0 Å². The normalized spacial score (nSPS) is 16.1. The highest BCUT2D eigenvalue weighted by Crippen LogP contribution is 2.16. The van der Waals surface area contributed by atoms with Gasteiger partial charge in [0.1, 0.15) is 5.76 Å². The number of aromatic nitrogens is 1. The highest BCUT2D eigenvalue weighted by molar-refractivity contribution is 5.46. The molecule has 0 aliphatic carbocycles. The Morgan fingerprint density at radius 3 is 2.50 bits per heavy atom. The molecule has 1 aromatic carbocycles. The molecule has 0 amide bonds. The average molecular weight is 299 g/mol. The lowest BCUT2D eigenvalue weighted by Crippen LogP contribution is -2.46. The molecule has 22 heavy (non-hydrogen) atoms. The number of hydrogen-bond acceptors (Lipinski definition) is 4. The fraction of sp³-hybridized carbons (Fsp3) is 0.500. The minimum Gasteiger partial charge on any atom is -0.369 e. The summed E-state index contributed by atoms with van der Waals surface area (Å²) in [6.45, 7) is 7.73. The van der Waals surface area contributed by atoms with Crippen LogP contribution in [-0.2, 0) is 6.42 Å². The topological polar surface area (TPSA) is 32.5 Å². The number of rotatable bonds is 6. The zero-order valence-corrected chi connectivity index (χ0v) is 13.4. The van der Waals surface area contributed by atoms with E-state index in [1.54, 1.807) is 0 Å². The van der Waals surface area contributed by atoms with E-state index < -0.39 is 0 Å². The van der Waals surface area contributed by atoms with E-state index in [1.807, 2.05) is 13.0 Å². The first-order chi connectivity index (χ1) is 10.8. The average Bonchev–Trinajstić information content (AvgIpc) is 2.98. The van der Waals surface area contributed by atoms with E-state index in [4.69, 9.17) is 4.52 Å². The van der Waals surface area contributed by atoms with Crippen LogP contribution in [-0.4, -0.2) is 42.8 Å². The molecule has 3 rings (SSSR count). The lowest BCUT2D eigenvalue weighted by molar-refractivity contribution is 0.253. The summed E-state index contributed by atoms with van der Waals surface area (Å²) in [6, 6.07) is 12.8. The van der Waals surface area contributed by atoms with Crippen molar-refractivity contribution >= 4 is 5.69 Å². The fourth-order valence-corrected chi connectivity index (χ4v) is 3.05. The maximum Gasteiger partial charge on any atom is 0.133 e. The molecule has 2 aromatic rings. The van der Waals surface area contributed by atoms with Gasteiger partial charge in [-0.05, 0) is 44.9 Å². The molecule has 1 fully saturated rings. The Bertz CT molecular complexity index is 559. The summed E-state index contributed by atoms with van der Waals surface area (Å²) in [5.41, 5.74) is 2.44. The SMILES string of the molecule is Cc1cc(CCCCN2CCN(c3ccccc3)CC2)no1. The summed E-state index contributed by atoms with van der Waals surface area (Å²) in [5.74, 6) is 0.909. The molecule has 0 saturated carbocycles. The summed E-state index contributed by atoms with van der Waals surface area (Å²) in [6.07, 6.45) is 3.45. The van der Waals surface area contributed by atoms with Crippen molar-refractivity contribution in [2.75, 3.05) is 37.6 Å². The fourth-order valence-electron chi connectivity index (χ4n) is 3.05. The lowest BCUT2D eigenvalue weighted by Gasteiger charge is -2.36. The number of para-hydroxylation sites is 1. The van der Waals surface area contributed by atoms with Crippen molar-refractivity contribution in [3.05, 3.63) is 47.9 Å². The molecule has 0 atom stereocenters. The predicted molar refractivity (Wildman–Crippen MR) is 89.3 cm³/mol. The molecule has 1 aromatic heterocycles. The van der Waals surface area contributed by atoms with Gasteiger partial charge in [-0.25, -0.2) is 0 Å². The molecular weight excluding hydrogens is 274 g/mol. The molecule has 0 unspecified atom stereocenters. The van der Waals surface area contributed by atoms with Crippen LogP contribution in [0.3, 0.4) is 0 Å². The molecule has 0 spiro atoms. The second kappa shape index (κ2) is 7.45. The van der Waals surface area contributed by atoms with Crippen LogP contribution in [0, 0.1) is 6.92 Å². The van der Waals surface area contributed by atoms with E-state index in [1.165, 1.54) is 25.1 Å². The molecule has 4 heteroatoms. The van der Waals surface area contributed by atoms with Gasteiger partial charge < -0.3 is 9.42 Å². The summed E-state index contributed by atoms with van der Waals surface area (Å²) < 4.78 is 5.10. The smallest absolute Gasteiger partial charge is 0.133 e. The second-order valence-electron chi connectivity index (χ2n) is 6.05. The Labute approximate surface area is 132 Å². The second-order valence-corrected chi connectivity index (χ2v) is 6.05. The molecular formula is C18H25N3O. The third-order valence-electron chi connectivity index (χ3n) is 4.33. The van der Waals surface area contributed by atoms with Crippen LogP contribution in [0.5, 0.6) is 0 Å². The molecule has 1 aliphatic heterocycles. The van der Waals surface area contributed by atoms with Gasteiger partial charge in [0.2, 0.25) is 0 Å². The number of aryl methyl sites for hydroxylation is 2. The van der Waals surface area contributed by atoms with Crippen molar-refractivity contribution in [2.24, 2.45) is 0 Å². The van der Waals surface area contributed by atoms with Crippen LogP contribution in [0.4, 0.5) is 5.69 Å². The molecule has 0 N–H and O–H groups in total. The number of anilines is 1. The summed E-state index contributed by atoms with van der Waals surface area (Å²) >= 11 is 0. The van der Waals surface area contributed by atoms with E-state index in [2.05, 4.69) is 45.3 Å². The number of piperazine rings is 1.